The van der Waals surface area contributed by atoms with Gasteiger partial charge < -0.3 is 5.32 Å². The number of nitrogens with one attached hydrogen (secondary N) is 1. The molecular weight excluding hydrogens is 346 g/mol. The molecular formula is C17H16BrNOS. The minimum Gasteiger partial charge on any atom is -0.349 e. The van der Waals surface area contributed by atoms with Crippen molar-refractivity contribution in [2.24, 2.45) is 0 Å². The van der Waals surface area contributed by atoms with E-state index in [1.54, 1.807) is 11.8 Å². The van der Waals surface area contributed by atoms with Crippen LogP contribution in [-0.4, -0.2) is 11.2 Å². The van der Waals surface area contributed by atoms with E-state index in [2.05, 4.69) is 33.4 Å². The lowest BCUT2D eigenvalue weighted by Crippen LogP contribution is -2.34. The minimum atomic E-state index is -0.0136. The maximum atomic E-state index is 12.4. The van der Waals surface area contributed by atoms with E-state index >= 15 is 0 Å². The summed E-state index contributed by atoms with van der Waals surface area (Å²) in [5, 5.41) is 3.10. The average molecular weight is 362 g/mol. The Morgan fingerprint density at radius 3 is 2.67 bits per heavy atom. The molecule has 0 fully saturated rings. The van der Waals surface area contributed by atoms with Gasteiger partial charge in [-0.15, -0.1) is 11.8 Å². The molecule has 0 aliphatic carbocycles. The summed E-state index contributed by atoms with van der Waals surface area (Å²) in [5.41, 5.74) is 2.39. The predicted molar refractivity (Wildman–Crippen MR) is 90.5 cm³/mol. The van der Waals surface area contributed by atoms with Crippen LogP contribution in [0.2, 0.25) is 0 Å². The van der Waals surface area contributed by atoms with E-state index in [0.717, 1.165) is 16.5 Å². The number of carbonyl (C=O) groups excluding carboxylic acids is 1. The monoisotopic (exact) mass is 361 g/mol. The van der Waals surface area contributed by atoms with Gasteiger partial charge in [0.2, 0.25) is 5.91 Å². The highest BCUT2D eigenvalue weighted by Crippen LogP contribution is 2.37. The third-order valence-corrected chi connectivity index (χ3v) is 5.51. The fraction of sp³-hybridized carbons (Fsp3) is 0.235. The lowest BCUT2D eigenvalue weighted by atomic mass is 10.1. The lowest BCUT2D eigenvalue weighted by molar-refractivity contribution is -0.121. The number of hydrogen-bond acceptors (Lipinski definition) is 2. The molecule has 0 saturated heterocycles. The van der Waals surface area contributed by atoms with Gasteiger partial charge in [0.25, 0.3) is 0 Å². The Kier molecular flexibility index (Phi) is 4.36. The van der Waals surface area contributed by atoms with Crippen molar-refractivity contribution in [1.29, 1.82) is 0 Å². The second-order valence-corrected chi connectivity index (χ2v) is 7.36. The summed E-state index contributed by atoms with van der Waals surface area (Å²) in [6.45, 7) is 2.02. The van der Waals surface area contributed by atoms with E-state index in [9.17, 15) is 4.79 Å². The zero-order chi connectivity index (χ0) is 14.8. The van der Waals surface area contributed by atoms with Crippen LogP contribution in [0.3, 0.4) is 0 Å². The summed E-state index contributed by atoms with van der Waals surface area (Å²) in [5.74, 6) is 0.117. The summed E-state index contributed by atoms with van der Waals surface area (Å²) < 4.78 is 1.05. The number of amides is 1. The topological polar surface area (TPSA) is 29.1 Å². The highest BCUT2D eigenvalue weighted by atomic mass is 79.9. The van der Waals surface area contributed by atoms with E-state index in [0.29, 0.717) is 0 Å². The van der Waals surface area contributed by atoms with Crippen LogP contribution in [0.15, 0.2) is 57.9 Å². The van der Waals surface area contributed by atoms with Gasteiger partial charge in [-0.2, -0.15) is 0 Å². The summed E-state index contributed by atoms with van der Waals surface area (Å²) >= 11 is 5.09. The molecule has 4 heteroatoms. The van der Waals surface area contributed by atoms with Gasteiger partial charge in [0.05, 0.1) is 11.3 Å². The summed E-state index contributed by atoms with van der Waals surface area (Å²) in [7, 11) is 0. The summed E-state index contributed by atoms with van der Waals surface area (Å²) in [4.78, 5) is 13.7. The lowest BCUT2D eigenvalue weighted by Gasteiger charge is -2.17. The van der Waals surface area contributed by atoms with Gasteiger partial charge >= 0.3 is 0 Å². The van der Waals surface area contributed by atoms with Crippen LogP contribution in [0, 0.1) is 0 Å². The normalized spacial score (nSPS) is 18.1. The van der Waals surface area contributed by atoms with E-state index in [1.165, 1.54) is 10.5 Å². The molecule has 2 unspecified atom stereocenters. The van der Waals surface area contributed by atoms with Gasteiger partial charge in [0, 0.05) is 9.37 Å². The largest absolute Gasteiger partial charge is 0.349 e. The molecule has 0 aromatic heterocycles. The summed E-state index contributed by atoms with van der Waals surface area (Å²) in [6, 6.07) is 16.3. The first-order chi connectivity index (χ1) is 10.1. The molecule has 2 aromatic carbocycles. The Bertz CT molecular complexity index is 631. The van der Waals surface area contributed by atoms with E-state index in [1.807, 2.05) is 43.3 Å². The van der Waals surface area contributed by atoms with Crippen molar-refractivity contribution in [3.8, 4) is 0 Å². The van der Waals surface area contributed by atoms with Gasteiger partial charge in [-0.05, 0) is 42.7 Å². The number of rotatable bonds is 3. The van der Waals surface area contributed by atoms with Gasteiger partial charge in [0.1, 0.15) is 0 Å². The number of benzene rings is 2. The van der Waals surface area contributed by atoms with Crippen LogP contribution in [-0.2, 0) is 11.2 Å². The van der Waals surface area contributed by atoms with Crippen LogP contribution in [0.4, 0.5) is 0 Å². The molecule has 1 aliphatic heterocycles. The smallest absolute Gasteiger partial charge is 0.234 e. The maximum Gasteiger partial charge on any atom is 0.234 e. The van der Waals surface area contributed by atoms with Gasteiger partial charge in [-0.1, -0.05) is 46.3 Å². The molecule has 2 aromatic rings. The zero-order valence-corrected chi connectivity index (χ0v) is 14.1. The Hall–Kier alpha value is -1.26. The molecule has 1 N–H and O–H groups in total. The van der Waals surface area contributed by atoms with Crippen molar-refractivity contribution in [1.82, 2.24) is 5.32 Å². The van der Waals surface area contributed by atoms with Gasteiger partial charge in [-0.25, -0.2) is 0 Å². The van der Waals surface area contributed by atoms with Gasteiger partial charge in [0.15, 0.2) is 0 Å². The number of hydrogen-bond donors (Lipinski definition) is 1. The molecule has 108 valence electrons. The molecule has 3 rings (SSSR count). The number of thioether (sulfide) groups is 1. The quantitative estimate of drug-likeness (QED) is 0.880. The zero-order valence-electron chi connectivity index (χ0n) is 11.7. The van der Waals surface area contributed by atoms with Crippen molar-refractivity contribution in [2.75, 3.05) is 0 Å². The predicted octanol–water partition coefficient (Wildman–Crippen LogP) is 4.34. The molecule has 1 heterocycles. The van der Waals surface area contributed by atoms with E-state index in [-0.39, 0.29) is 17.2 Å². The number of fused-ring (bicyclic) bond motifs is 1. The maximum absolute atomic E-state index is 12.4. The van der Waals surface area contributed by atoms with Crippen LogP contribution < -0.4 is 5.32 Å². The van der Waals surface area contributed by atoms with Crippen molar-refractivity contribution >= 4 is 33.6 Å². The second-order valence-electron chi connectivity index (χ2n) is 5.20. The standard InChI is InChI=1S/C17H16BrNOS/c1-11(12-6-8-14(18)9-7-12)19-17(20)16-10-13-4-2-3-5-15(13)21-16/h2-9,11,16H,10H2,1H3,(H,19,20). The van der Waals surface area contributed by atoms with Crippen LogP contribution in [0.1, 0.15) is 24.1 Å². The Labute approximate surface area is 137 Å². The molecule has 2 nitrogen and oxygen atoms in total. The van der Waals surface area contributed by atoms with E-state index in [4.69, 9.17) is 0 Å². The Morgan fingerprint density at radius 2 is 1.95 bits per heavy atom. The second kappa shape index (κ2) is 6.24. The van der Waals surface area contributed by atoms with Crippen molar-refractivity contribution in [3.05, 3.63) is 64.1 Å². The first kappa shape index (κ1) is 14.7. The third-order valence-electron chi connectivity index (χ3n) is 3.67. The average Bonchev–Trinajstić information content (AvgIpc) is 2.92. The highest BCUT2D eigenvalue weighted by Gasteiger charge is 2.28. The first-order valence-corrected chi connectivity index (χ1v) is 8.61. The van der Waals surface area contributed by atoms with Crippen molar-refractivity contribution < 1.29 is 4.79 Å². The molecule has 1 amide bonds. The third kappa shape index (κ3) is 3.33. The Balaban J connectivity index is 1.64. The molecule has 0 radical (unpaired) electrons. The van der Waals surface area contributed by atoms with Crippen LogP contribution in [0.5, 0.6) is 0 Å². The fourth-order valence-electron chi connectivity index (χ4n) is 2.47. The highest BCUT2D eigenvalue weighted by molar-refractivity contribution is 9.10. The molecule has 0 saturated carbocycles. The first-order valence-electron chi connectivity index (χ1n) is 6.94. The van der Waals surface area contributed by atoms with Gasteiger partial charge in [-0.3, -0.25) is 4.79 Å². The molecule has 1 aliphatic rings. The minimum absolute atomic E-state index is 0.0136. The molecule has 2 atom stereocenters. The number of carbonyl (C=O) groups is 1. The van der Waals surface area contributed by atoms with Crippen molar-refractivity contribution in [2.45, 2.75) is 29.5 Å². The molecule has 0 spiro atoms. The molecule has 0 bridgehead atoms. The fourth-order valence-corrected chi connectivity index (χ4v) is 3.94. The molecule has 21 heavy (non-hydrogen) atoms. The Morgan fingerprint density at radius 1 is 1.24 bits per heavy atom. The van der Waals surface area contributed by atoms with E-state index < -0.39 is 0 Å². The van der Waals surface area contributed by atoms with Crippen LogP contribution in [0.25, 0.3) is 0 Å². The van der Waals surface area contributed by atoms with Crippen molar-refractivity contribution in [3.63, 3.8) is 0 Å². The summed E-state index contributed by atoms with van der Waals surface area (Å²) in [6.07, 6.45) is 0.819. The SMILES string of the molecule is CC(NC(=O)C1Cc2ccccc2S1)c1ccc(Br)cc1. The van der Waals surface area contributed by atoms with Crippen LogP contribution >= 0.6 is 27.7 Å². The number of halogens is 1.